The standard InChI is InChI=1S/C8H13NO3/c1-6(8(11)12)7-3-2-4-9(7)5-10/h5-7H,2-4H2,1H3,(H,11,12). The number of carboxylic acid groups (broad SMARTS) is 1. The molecule has 1 aliphatic rings. The number of aliphatic carboxylic acids is 1. The van der Waals surface area contributed by atoms with Gasteiger partial charge in [-0.25, -0.2) is 0 Å². The van der Waals surface area contributed by atoms with Gasteiger partial charge < -0.3 is 10.0 Å². The lowest BCUT2D eigenvalue weighted by Gasteiger charge is -2.23. The van der Waals surface area contributed by atoms with Gasteiger partial charge in [0.1, 0.15) is 0 Å². The van der Waals surface area contributed by atoms with Crippen molar-refractivity contribution in [3.8, 4) is 0 Å². The topological polar surface area (TPSA) is 57.6 Å². The highest BCUT2D eigenvalue weighted by atomic mass is 16.4. The average Bonchev–Trinajstić information content (AvgIpc) is 2.49. The van der Waals surface area contributed by atoms with Crippen LogP contribution in [0.4, 0.5) is 0 Å². The molecule has 0 spiro atoms. The third kappa shape index (κ3) is 1.57. The van der Waals surface area contributed by atoms with Gasteiger partial charge in [-0.1, -0.05) is 0 Å². The molecule has 1 amide bonds. The molecule has 2 unspecified atom stereocenters. The second kappa shape index (κ2) is 3.56. The summed E-state index contributed by atoms with van der Waals surface area (Å²) in [4.78, 5) is 22.7. The third-order valence-corrected chi connectivity index (χ3v) is 2.44. The van der Waals surface area contributed by atoms with E-state index in [4.69, 9.17) is 5.11 Å². The smallest absolute Gasteiger partial charge is 0.308 e. The fraction of sp³-hybridized carbons (Fsp3) is 0.750. The van der Waals surface area contributed by atoms with Gasteiger partial charge >= 0.3 is 5.97 Å². The molecule has 4 heteroatoms. The van der Waals surface area contributed by atoms with Gasteiger partial charge in [0.25, 0.3) is 0 Å². The van der Waals surface area contributed by atoms with Crippen LogP contribution >= 0.6 is 0 Å². The van der Waals surface area contributed by atoms with E-state index in [9.17, 15) is 9.59 Å². The fourth-order valence-corrected chi connectivity index (χ4v) is 1.65. The summed E-state index contributed by atoms with van der Waals surface area (Å²) >= 11 is 0. The van der Waals surface area contributed by atoms with Crippen LogP contribution in [-0.4, -0.2) is 35.0 Å². The maximum absolute atomic E-state index is 10.6. The van der Waals surface area contributed by atoms with Gasteiger partial charge in [0.15, 0.2) is 0 Å². The molecule has 68 valence electrons. The summed E-state index contributed by atoms with van der Waals surface area (Å²) in [7, 11) is 0. The predicted octanol–water partition coefficient (Wildman–Crippen LogP) is 0.328. The molecule has 1 saturated heterocycles. The molecule has 2 atom stereocenters. The zero-order chi connectivity index (χ0) is 9.14. The Bertz CT molecular complexity index is 193. The molecule has 0 aromatic carbocycles. The summed E-state index contributed by atoms with van der Waals surface area (Å²) in [6.07, 6.45) is 2.48. The highest BCUT2D eigenvalue weighted by Gasteiger charge is 2.31. The van der Waals surface area contributed by atoms with Crippen LogP contribution < -0.4 is 0 Å². The van der Waals surface area contributed by atoms with Crippen molar-refractivity contribution in [2.75, 3.05) is 6.54 Å². The van der Waals surface area contributed by atoms with Crippen LogP contribution in [0.1, 0.15) is 19.8 Å². The number of carbonyl (C=O) groups excluding carboxylic acids is 1. The van der Waals surface area contributed by atoms with Gasteiger partial charge in [-0.15, -0.1) is 0 Å². The molecule has 0 aromatic rings. The van der Waals surface area contributed by atoms with Crippen LogP contribution in [0.2, 0.25) is 0 Å². The van der Waals surface area contributed by atoms with E-state index >= 15 is 0 Å². The lowest BCUT2D eigenvalue weighted by molar-refractivity contribution is -0.143. The van der Waals surface area contributed by atoms with Gasteiger partial charge in [-0.2, -0.15) is 0 Å². The van der Waals surface area contributed by atoms with E-state index < -0.39 is 11.9 Å². The Kier molecular flexibility index (Phi) is 2.68. The molecule has 0 bridgehead atoms. The van der Waals surface area contributed by atoms with Crippen LogP contribution in [0.15, 0.2) is 0 Å². The summed E-state index contributed by atoms with van der Waals surface area (Å²) in [5, 5.41) is 8.71. The molecule has 12 heavy (non-hydrogen) atoms. The van der Waals surface area contributed by atoms with Crippen molar-refractivity contribution in [1.82, 2.24) is 4.90 Å². The highest BCUT2D eigenvalue weighted by Crippen LogP contribution is 2.22. The lowest BCUT2D eigenvalue weighted by atomic mass is 10.0. The van der Waals surface area contributed by atoms with E-state index in [0.29, 0.717) is 6.54 Å². The largest absolute Gasteiger partial charge is 0.481 e. The maximum Gasteiger partial charge on any atom is 0.308 e. The Hall–Kier alpha value is -1.06. The minimum atomic E-state index is -0.825. The Morgan fingerprint density at radius 3 is 2.92 bits per heavy atom. The van der Waals surface area contributed by atoms with E-state index in [0.717, 1.165) is 19.3 Å². The molecule has 0 aliphatic carbocycles. The summed E-state index contributed by atoms with van der Waals surface area (Å²) in [5.41, 5.74) is 0. The van der Waals surface area contributed by atoms with Gasteiger partial charge in [0.05, 0.1) is 5.92 Å². The zero-order valence-electron chi connectivity index (χ0n) is 7.06. The third-order valence-electron chi connectivity index (χ3n) is 2.44. The minimum Gasteiger partial charge on any atom is -0.481 e. The quantitative estimate of drug-likeness (QED) is 0.622. The number of carbonyl (C=O) groups is 2. The second-order valence-electron chi connectivity index (χ2n) is 3.18. The molecule has 0 radical (unpaired) electrons. The Labute approximate surface area is 71.2 Å². The number of likely N-dealkylation sites (tertiary alicyclic amines) is 1. The minimum absolute atomic E-state index is 0.0972. The molecule has 0 saturated carbocycles. The van der Waals surface area contributed by atoms with Crippen molar-refractivity contribution in [1.29, 1.82) is 0 Å². The molecular formula is C8H13NO3. The molecule has 1 fully saturated rings. The number of hydrogen-bond acceptors (Lipinski definition) is 2. The van der Waals surface area contributed by atoms with Crippen molar-refractivity contribution in [3.63, 3.8) is 0 Å². The molecule has 1 aliphatic heterocycles. The first-order valence-corrected chi connectivity index (χ1v) is 4.10. The Balaban J connectivity index is 2.60. The van der Waals surface area contributed by atoms with Crippen molar-refractivity contribution in [3.05, 3.63) is 0 Å². The zero-order valence-corrected chi connectivity index (χ0v) is 7.06. The van der Waals surface area contributed by atoms with Crippen LogP contribution in [0.5, 0.6) is 0 Å². The first kappa shape index (κ1) is 9.03. The van der Waals surface area contributed by atoms with Gasteiger partial charge in [0.2, 0.25) is 6.41 Å². The second-order valence-corrected chi connectivity index (χ2v) is 3.18. The van der Waals surface area contributed by atoms with Gasteiger partial charge in [-0.05, 0) is 19.8 Å². The lowest BCUT2D eigenvalue weighted by Crippen LogP contribution is -2.36. The fourth-order valence-electron chi connectivity index (χ4n) is 1.65. The monoisotopic (exact) mass is 171 g/mol. The number of hydrogen-bond donors (Lipinski definition) is 1. The van der Waals surface area contributed by atoms with E-state index in [1.54, 1.807) is 11.8 Å². The first-order valence-electron chi connectivity index (χ1n) is 4.10. The van der Waals surface area contributed by atoms with Crippen LogP contribution in [0.3, 0.4) is 0 Å². The normalized spacial score (nSPS) is 25.4. The molecule has 1 N–H and O–H groups in total. The van der Waals surface area contributed by atoms with E-state index in [1.165, 1.54) is 0 Å². The average molecular weight is 171 g/mol. The van der Waals surface area contributed by atoms with Gasteiger partial charge in [0, 0.05) is 12.6 Å². The number of carboxylic acids is 1. The van der Waals surface area contributed by atoms with Crippen molar-refractivity contribution < 1.29 is 14.7 Å². The number of amides is 1. The number of nitrogens with zero attached hydrogens (tertiary/aromatic N) is 1. The van der Waals surface area contributed by atoms with E-state index in [2.05, 4.69) is 0 Å². The Morgan fingerprint density at radius 2 is 2.42 bits per heavy atom. The summed E-state index contributed by atoms with van der Waals surface area (Å²) in [6.45, 7) is 2.35. The molecular weight excluding hydrogens is 158 g/mol. The van der Waals surface area contributed by atoms with Crippen molar-refractivity contribution in [2.24, 2.45) is 5.92 Å². The first-order chi connectivity index (χ1) is 5.66. The van der Waals surface area contributed by atoms with E-state index in [-0.39, 0.29) is 6.04 Å². The summed E-state index contributed by atoms with van der Waals surface area (Å²) in [6, 6.07) is -0.0972. The van der Waals surface area contributed by atoms with Crippen LogP contribution in [0.25, 0.3) is 0 Å². The van der Waals surface area contributed by atoms with Crippen molar-refractivity contribution in [2.45, 2.75) is 25.8 Å². The number of rotatable bonds is 3. The molecule has 0 aromatic heterocycles. The van der Waals surface area contributed by atoms with E-state index in [1.807, 2.05) is 0 Å². The highest BCUT2D eigenvalue weighted by molar-refractivity contribution is 5.71. The van der Waals surface area contributed by atoms with Gasteiger partial charge in [-0.3, -0.25) is 9.59 Å². The molecule has 4 nitrogen and oxygen atoms in total. The Morgan fingerprint density at radius 1 is 1.75 bits per heavy atom. The summed E-state index contributed by atoms with van der Waals surface area (Å²) in [5.74, 6) is -1.27. The predicted molar refractivity (Wildman–Crippen MR) is 42.6 cm³/mol. The van der Waals surface area contributed by atoms with Crippen LogP contribution in [-0.2, 0) is 9.59 Å². The van der Waals surface area contributed by atoms with Crippen LogP contribution in [0, 0.1) is 5.92 Å². The van der Waals surface area contributed by atoms with Crippen molar-refractivity contribution >= 4 is 12.4 Å². The molecule has 1 heterocycles. The summed E-state index contributed by atoms with van der Waals surface area (Å²) < 4.78 is 0. The SMILES string of the molecule is CC(C(=O)O)C1CCCN1C=O. The molecule has 1 rings (SSSR count). The maximum atomic E-state index is 10.6.